The van der Waals surface area contributed by atoms with Gasteiger partial charge in [-0.05, 0) is 42.2 Å². The molecule has 2 aromatic carbocycles. The first-order valence-corrected chi connectivity index (χ1v) is 8.84. The van der Waals surface area contributed by atoms with Gasteiger partial charge in [-0.3, -0.25) is 4.99 Å². The molecule has 0 saturated heterocycles. The average molecular weight is 347 g/mol. The van der Waals surface area contributed by atoms with Crippen molar-refractivity contribution in [3.63, 3.8) is 0 Å². The van der Waals surface area contributed by atoms with Gasteiger partial charge in [-0.15, -0.1) is 0 Å². The Labute approximate surface area is 154 Å². The molecule has 1 aromatic heterocycles. The van der Waals surface area contributed by atoms with Crippen LogP contribution in [0.25, 0.3) is 5.69 Å². The molecule has 0 amide bonds. The van der Waals surface area contributed by atoms with E-state index in [2.05, 4.69) is 58.1 Å². The summed E-state index contributed by atoms with van der Waals surface area (Å²) in [5.74, 6) is 0.809. The smallest absolute Gasteiger partial charge is 0.191 e. The van der Waals surface area contributed by atoms with Crippen LogP contribution in [-0.2, 0) is 13.0 Å². The summed E-state index contributed by atoms with van der Waals surface area (Å²) in [5, 5.41) is 11.2. The van der Waals surface area contributed by atoms with E-state index in [0.29, 0.717) is 0 Å². The van der Waals surface area contributed by atoms with Crippen LogP contribution in [0.5, 0.6) is 0 Å². The van der Waals surface area contributed by atoms with E-state index in [-0.39, 0.29) is 0 Å². The molecule has 3 rings (SSSR count). The summed E-state index contributed by atoms with van der Waals surface area (Å²) in [4.78, 5) is 4.29. The van der Waals surface area contributed by atoms with Crippen molar-refractivity contribution in [3.05, 3.63) is 83.7 Å². The van der Waals surface area contributed by atoms with Crippen LogP contribution in [0.4, 0.5) is 0 Å². The van der Waals surface area contributed by atoms with Gasteiger partial charge >= 0.3 is 0 Å². The molecule has 0 aliphatic rings. The summed E-state index contributed by atoms with van der Waals surface area (Å²) in [7, 11) is 1.79. The average Bonchev–Trinajstić information content (AvgIpc) is 3.15. The molecule has 134 valence electrons. The number of para-hydroxylation sites is 1. The molecule has 0 fully saturated rings. The number of rotatable bonds is 6. The van der Waals surface area contributed by atoms with Crippen molar-refractivity contribution in [2.24, 2.45) is 4.99 Å². The van der Waals surface area contributed by atoms with E-state index in [9.17, 15) is 0 Å². The number of aromatic nitrogens is 2. The first-order chi connectivity index (χ1) is 12.8. The maximum atomic E-state index is 4.43. The van der Waals surface area contributed by atoms with Crippen molar-refractivity contribution >= 4 is 5.96 Å². The van der Waals surface area contributed by atoms with Gasteiger partial charge in [0.25, 0.3) is 0 Å². The number of aryl methyl sites for hydroxylation is 1. The number of nitrogens with zero attached hydrogens (tertiary/aromatic N) is 3. The topological polar surface area (TPSA) is 54.2 Å². The lowest BCUT2D eigenvalue weighted by atomic mass is 10.1. The normalized spacial score (nSPS) is 11.4. The molecule has 0 bridgehead atoms. The third kappa shape index (κ3) is 4.72. The Bertz CT molecular complexity index is 852. The number of aliphatic imine (C=N–C) groups is 1. The van der Waals surface area contributed by atoms with Crippen molar-refractivity contribution in [3.8, 4) is 5.69 Å². The highest BCUT2D eigenvalue weighted by Crippen LogP contribution is 2.08. The van der Waals surface area contributed by atoms with E-state index in [1.54, 1.807) is 7.05 Å². The molecule has 0 unspecified atom stereocenters. The first-order valence-electron chi connectivity index (χ1n) is 8.84. The van der Waals surface area contributed by atoms with E-state index in [1.807, 2.05) is 41.2 Å². The Morgan fingerprint density at radius 2 is 1.81 bits per heavy atom. The lowest BCUT2D eigenvalue weighted by molar-refractivity contribution is 0.792. The highest BCUT2D eigenvalue weighted by atomic mass is 15.3. The van der Waals surface area contributed by atoms with Crippen LogP contribution in [-0.4, -0.2) is 29.3 Å². The summed E-state index contributed by atoms with van der Waals surface area (Å²) in [5.41, 5.74) is 4.82. The molecular formula is C21H25N5. The molecular weight excluding hydrogens is 322 g/mol. The van der Waals surface area contributed by atoms with Gasteiger partial charge in [-0.1, -0.05) is 42.5 Å². The van der Waals surface area contributed by atoms with Crippen LogP contribution in [0.1, 0.15) is 16.7 Å². The van der Waals surface area contributed by atoms with Gasteiger partial charge in [0.2, 0.25) is 0 Å². The third-order valence-corrected chi connectivity index (χ3v) is 4.29. The maximum absolute atomic E-state index is 4.43. The van der Waals surface area contributed by atoms with Crippen LogP contribution in [0, 0.1) is 6.92 Å². The molecule has 0 saturated carbocycles. The maximum Gasteiger partial charge on any atom is 0.191 e. The number of benzene rings is 2. The first kappa shape index (κ1) is 17.7. The minimum atomic E-state index is 0.762. The molecule has 3 aromatic rings. The Hall–Kier alpha value is -3.08. The van der Waals surface area contributed by atoms with Gasteiger partial charge in [0, 0.05) is 26.3 Å². The number of nitrogens with one attached hydrogen (secondary N) is 2. The molecule has 26 heavy (non-hydrogen) atoms. The number of guanidine groups is 1. The zero-order chi connectivity index (χ0) is 18.2. The largest absolute Gasteiger partial charge is 0.356 e. The zero-order valence-electron chi connectivity index (χ0n) is 15.3. The fraction of sp³-hybridized carbons (Fsp3) is 0.238. The summed E-state index contributed by atoms with van der Waals surface area (Å²) < 4.78 is 1.90. The van der Waals surface area contributed by atoms with Gasteiger partial charge in [0.05, 0.1) is 11.9 Å². The molecule has 0 radical (unpaired) electrons. The van der Waals surface area contributed by atoms with Gasteiger partial charge in [0.1, 0.15) is 0 Å². The lowest BCUT2D eigenvalue weighted by Gasteiger charge is -2.12. The molecule has 5 heteroatoms. The second kappa shape index (κ2) is 8.85. The minimum absolute atomic E-state index is 0.762. The molecule has 0 atom stereocenters. The van der Waals surface area contributed by atoms with Crippen LogP contribution in [0.2, 0.25) is 0 Å². The molecule has 0 aliphatic carbocycles. The fourth-order valence-electron chi connectivity index (χ4n) is 2.74. The highest BCUT2D eigenvalue weighted by Gasteiger charge is 2.03. The Morgan fingerprint density at radius 3 is 2.58 bits per heavy atom. The number of hydrogen-bond donors (Lipinski definition) is 2. The van der Waals surface area contributed by atoms with Crippen molar-refractivity contribution in [2.75, 3.05) is 13.6 Å². The van der Waals surface area contributed by atoms with Crippen molar-refractivity contribution in [1.82, 2.24) is 20.4 Å². The summed E-state index contributed by atoms with van der Waals surface area (Å²) in [6, 6.07) is 18.5. The highest BCUT2D eigenvalue weighted by molar-refractivity contribution is 5.79. The fourth-order valence-corrected chi connectivity index (χ4v) is 2.74. The molecule has 0 aliphatic heterocycles. The van der Waals surface area contributed by atoms with Crippen LogP contribution < -0.4 is 10.6 Å². The van der Waals surface area contributed by atoms with Gasteiger partial charge < -0.3 is 10.6 Å². The monoisotopic (exact) mass is 347 g/mol. The summed E-state index contributed by atoms with van der Waals surface area (Å²) in [6.07, 6.45) is 4.87. The van der Waals surface area contributed by atoms with E-state index >= 15 is 0 Å². The van der Waals surface area contributed by atoms with Crippen LogP contribution in [0.3, 0.4) is 0 Å². The second-order valence-corrected chi connectivity index (χ2v) is 6.16. The Balaban J connectivity index is 1.48. The molecule has 0 spiro atoms. The quantitative estimate of drug-likeness (QED) is 0.532. The third-order valence-electron chi connectivity index (χ3n) is 4.29. The molecule has 2 N–H and O–H groups in total. The van der Waals surface area contributed by atoms with Crippen molar-refractivity contribution in [1.29, 1.82) is 0 Å². The summed E-state index contributed by atoms with van der Waals surface area (Å²) >= 11 is 0. The lowest BCUT2D eigenvalue weighted by Crippen LogP contribution is -2.37. The summed E-state index contributed by atoms with van der Waals surface area (Å²) in [6.45, 7) is 3.68. The Kier molecular flexibility index (Phi) is 6.04. The SMILES string of the molecule is CN=C(NCCc1cnn(-c2ccccc2)c1)NCc1ccccc1C. The van der Waals surface area contributed by atoms with Crippen LogP contribution in [0.15, 0.2) is 72.0 Å². The second-order valence-electron chi connectivity index (χ2n) is 6.16. The van der Waals surface area contributed by atoms with E-state index in [0.717, 1.165) is 31.2 Å². The van der Waals surface area contributed by atoms with E-state index < -0.39 is 0 Å². The predicted octanol–water partition coefficient (Wildman–Crippen LogP) is 3.09. The van der Waals surface area contributed by atoms with Crippen LogP contribution >= 0.6 is 0 Å². The Morgan fingerprint density at radius 1 is 1.04 bits per heavy atom. The molecule has 5 nitrogen and oxygen atoms in total. The minimum Gasteiger partial charge on any atom is -0.356 e. The molecule has 1 heterocycles. The van der Waals surface area contributed by atoms with Crippen molar-refractivity contribution < 1.29 is 0 Å². The van der Waals surface area contributed by atoms with Gasteiger partial charge in [-0.2, -0.15) is 5.10 Å². The predicted molar refractivity (Wildman–Crippen MR) is 107 cm³/mol. The standard InChI is InChI=1S/C21H25N5/c1-17-8-6-7-9-19(17)15-24-21(22-2)23-13-12-18-14-25-26(16-18)20-10-4-3-5-11-20/h3-11,14,16H,12-13,15H2,1-2H3,(H2,22,23,24). The van der Waals surface area contributed by atoms with Gasteiger partial charge in [-0.25, -0.2) is 4.68 Å². The van der Waals surface area contributed by atoms with E-state index in [4.69, 9.17) is 0 Å². The van der Waals surface area contributed by atoms with Gasteiger partial charge in [0.15, 0.2) is 5.96 Å². The van der Waals surface area contributed by atoms with E-state index in [1.165, 1.54) is 16.7 Å². The zero-order valence-corrected chi connectivity index (χ0v) is 15.3. The number of hydrogen-bond acceptors (Lipinski definition) is 2. The van der Waals surface area contributed by atoms with Crippen molar-refractivity contribution in [2.45, 2.75) is 19.9 Å².